The SMILES string of the molecule is CCN(CC1CCCCN1)C(=O)c1ccc(F)c(OC)c1. The number of likely N-dealkylation sites (N-methyl/N-ethyl adjacent to an activating group) is 1. The standard InChI is InChI=1S/C16H23FN2O2/c1-3-19(11-13-6-4-5-9-18-13)16(20)12-7-8-14(17)15(10-12)21-2/h7-8,10,13,18H,3-6,9,11H2,1-2H3. The molecule has 1 amide bonds. The first-order chi connectivity index (χ1) is 10.2. The number of halogens is 1. The van der Waals surface area contributed by atoms with E-state index in [1.807, 2.05) is 6.92 Å². The van der Waals surface area contributed by atoms with E-state index in [0.29, 0.717) is 24.7 Å². The molecule has 1 unspecified atom stereocenters. The maximum Gasteiger partial charge on any atom is 0.254 e. The summed E-state index contributed by atoms with van der Waals surface area (Å²) in [6, 6.07) is 4.61. The fourth-order valence-corrected chi connectivity index (χ4v) is 2.68. The number of hydrogen-bond donors (Lipinski definition) is 1. The second kappa shape index (κ2) is 7.41. The van der Waals surface area contributed by atoms with Crippen LogP contribution in [0.1, 0.15) is 36.5 Å². The van der Waals surface area contributed by atoms with Gasteiger partial charge in [-0.2, -0.15) is 0 Å². The van der Waals surface area contributed by atoms with Gasteiger partial charge in [0.2, 0.25) is 0 Å². The highest BCUT2D eigenvalue weighted by Gasteiger charge is 2.21. The Morgan fingerprint density at radius 2 is 2.29 bits per heavy atom. The Morgan fingerprint density at radius 1 is 1.48 bits per heavy atom. The van der Waals surface area contributed by atoms with E-state index < -0.39 is 5.82 Å². The van der Waals surface area contributed by atoms with Crippen molar-refractivity contribution in [1.29, 1.82) is 0 Å². The normalized spacial score (nSPS) is 18.3. The number of methoxy groups -OCH3 is 1. The van der Waals surface area contributed by atoms with Gasteiger partial charge in [-0.3, -0.25) is 4.79 Å². The van der Waals surface area contributed by atoms with Gasteiger partial charge in [0.15, 0.2) is 11.6 Å². The van der Waals surface area contributed by atoms with Gasteiger partial charge in [0, 0.05) is 24.7 Å². The van der Waals surface area contributed by atoms with Crippen LogP contribution < -0.4 is 10.1 Å². The van der Waals surface area contributed by atoms with Crippen LogP contribution in [0.15, 0.2) is 18.2 Å². The molecule has 0 bridgehead atoms. The zero-order valence-corrected chi connectivity index (χ0v) is 12.7. The monoisotopic (exact) mass is 294 g/mol. The summed E-state index contributed by atoms with van der Waals surface area (Å²) in [5.74, 6) is -0.429. The first kappa shape index (κ1) is 15.8. The topological polar surface area (TPSA) is 41.6 Å². The number of rotatable bonds is 5. The molecule has 0 aromatic heterocycles. The van der Waals surface area contributed by atoms with Crippen molar-refractivity contribution in [3.63, 3.8) is 0 Å². The van der Waals surface area contributed by atoms with E-state index in [1.165, 1.54) is 38.2 Å². The van der Waals surface area contributed by atoms with Crippen LogP contribution in [-0.2, 0) is 0 Å². The van der Waals surface area contributed by atoms with E-state index >= 15 is 0 Å². The number of nitrogens with one attached hydrogen (secondary N) is 1. The predicted octanol–water partition coefficient (Wildman–Crippen LogP) is 2.44. The van der Waals surface area contributed by atoms with Crippen molar-refractivity contribution in [2.45, 2.75) is 32.2 Å². The van der Waals surface area contributed by atoms with Crippen LogP contribution in [0, 0.1) is 5.82 Å². The molecule has 1 atom stereocenters. The zero-order valence-electron chi connectivity index (χ0n) is 12.7. The largest absolute Gasteiger partial charge is 0.494 e. The second-order valence-electron chi connectivity index (χ2n) is 5.34. The lowest BCUT2D eigenvalue weighted by Gasteiger charge is -2.30. The summed E-state index contributed by atoms with van der Waals surface area (Å²) in [6.45, 7) is 4.30. The zero-order chi connectivity index (χ0) is 15.2. The van der Waals surface area contributed by atoms with E-state index in [4.69, 9.17) is 4.74 Å². The van der Waals surface area contributed by atoms with E-state index in [-0.39, 0.29) is 11.7 Å². The van der Waals surface area contributed by atoms with Crippen molar-refractivity contribution in [2.24, 2.45) is 0 Å². The van der Waals surface area contributed by atoms with Gasteiger partial charge in [-0.15, -0.1) is 0 Å². The molecule has 0 aliphatic carbocycles. The van der Waals surface area contributed by atoms with Gasteiger partial charge < -0.3 is 15.0 Å². The lowest BCUT2D eigenvalue weighted by atomic mass is 10.0. The molecular formula is C16H23FN2O2. The molecular weight excluding hydrogens is 271 g/mol. The van der Waals surface area contributed by atoms with Gasteiger partial charge in [-0.25, -0.2) is 4.39 Å². The van der Waals surface area contributed by atoms with Crippen molar-refractivity contribution < 1.29 is 13.9 Å². The summed E-state index contributed by atoms with van der Waals surface area (Å²) in [6.07, 6.45) is 3.50. The van der Waals surface area contributed by atoms with Gasteiger partial charge in [-0.1, -0.05) is 6.42 Å². The molecule has 0 spiro atoms. The van der Waals surface area contributed by atoms with E-state index in [0.717, 1.165) is 13.0 Å². The van der Waals surface area contributed by atoms with Crippen molar-refractivity contribution in [1.82, 2.24) is 10.2 Å². The third kappa shape index (κ3) is 3.94. The van der Waals surface area contributed by atoms with Crippen molar-refractivity contribution >= 4 is 5.91 Å². The molecule has 1 aromatic rings. The molecule has 1 N–H and O–H groups in total. The Balaban J connectivity index is 2.08. The Bertz CT molecular complexity index is 487. The lowest BCUT2D eigenvalue weighted by Crippen LogP contribution is -2.45. The van der Waals surface area contributed by atoms with Crippen LogP contribution >= 0.6 is 0 Å². The van der Waals surface area contributed by atoms with Crippen molar-refractivity contribution in [2.75, 3.05) is 26.7 Å². The van der Waals surface area contributed by atoms with Gasteiger partial charge in [0.05, 0.1) is 7.11 Å². The summed E-state index contributed by atoms with van der Waals surface area (Å²) in [4.78, 5) is 14.4. The third-order valence-electron chi connectivity index (χ3n) is 3.92. The summed E-state index contributed by atoms with van der Waals surface area (Å²) in [7, 11) is 1.40. The highest BCUT2D eigenvalue weighted by molar-refractivity contribution is 5.94. The summed E-state index contributed by atoms with van der Waals surface area (Å²) < 4.78 is 18.4. The van der Waals surface area contributed by atoms with E-state index in [1.54, 1.807) is 4.90 Å². The predicted molar refractivity (Wildman–Crippen MR) is 80.2 cm³/mol. The molecule has 1 saturated heterocycles. The maximum absolute atomic E-state index is 13.4. The number of nitrogens with zero attached hydrogens (tertiary/aromatic N) is 1. The minimum atomic E-state index is -0.453. The highest BCUT2D eigenvalue weighted by atomic mass is 19.1. The molecule has 4 nitrogen and oxygen atoms in total. The number of amides is 1. The molecule has 1 heterocycles. The first-order valence-corrected chi connectivity index (χ1v) is 7.52. The van der Waals surface area contributed by atoms with Crippen LogP contribution in [0.3, 0.4) is 0 Å². The molecule has 0 saturated carbocycles. The first-order valence-electron chi connectivity index (χ1n) is 7.52. The third-order valence-corrected chi connectivity index (χ3v) is 3.92. The fraction of sp³-hybridized carbons (Fsp3) is 0.562. The van der Waals surface area contributed by atoms with Gasteiger partial charge in [-0.05, 0) is 44.5 Å². The summed E-state index contributed by atoms with van der Waals surface area (Å²) in [5.41, 5.74) is 0.464. The number of benzene rings is 1. The number of ether oxygens (including phenoxy) is 1. The van der Waals surface area contributed by atoms with Gasteiger partial charge >= 0.3 is 0 Å². The summed E-state index contributed by atoms with van der Waals surface area (Å²) in [5, 5.41) is 3.44. The highest BCUT2D eigenvalue weighted by Crippen LogP contribution is 2.20. The van der Waals surface area contributed by atoms with Gasteiger partial charge in [0.1, 0.15) is 0 Å². The molecule has 1 fully saturated rings. The molecule has 5 heteroatoms. The lowest BCUT2D eigenvalue weighted by molar-refractivity contribution is 0.0741. The smallest absolute Gasteiger partial charge is 0.254 e. The Kier molecular flexibility index (Phi) is 5.56. The van der Waals surface area contributed by atoms with Crippen LogP contribution in [0.25, 0.3) is 0 Å². The Labute approximate surface area is 125 Å². The molecule has 21 heavy (non-hydrogen) atoms. The average Bonchev–Trinajstić information content (AvgIpc) is 2.53. The quantitative estimate of drug-likeness (QED) is 0.907. The second-order valence-corrected chi connectivity index (χ2v) is 5.34. The van der Waals surface area contributed by atoms with E-state index in [2.05, 4.69) is 5.32 Å². The molecule has 1 aliphatic rings. The minimum Gasteiger partial charge on any atom is -0.494 e. The molecule has 0 radical (unpaired) electrons. The number of hydrogen-bond acceptors (Lipinski definition) is 3. The minimum absolute atomic E-state index is 0.0804. The molecule has 116 valence electrons. The number of piperidine rings is 1. The van der Waals surface area contributed by atoms with Gasteiger partial charge in [0.25, 0.3) is 5.91 Å². The average molecular weight is 294 g/mol. The maximum atomic E-state index is 13.4. The van der Waals surface area contributed by atoms with Crippen LogP contribution in [0.5, 0.6) is 5.75 Å². The molecule has 1 aromatic carbocycles. The fourth-order valence-electron chi connectivity index (χ4n) is 2.68. The van der Waals surface area contributed by atoms with Crippen molar-refractivity contribution in [3.8, 4) is 5.75 Å². The Morgan fingerprint density at radius 3 is 2.90 bits per heavy atom. The van der Waals surface area contributed by atoms with E-state index in [9.17, 15) is 9.18 Å². The van der Waals surface area contributed by atoms with Crippen molar-refractivity contribution in [3.05, 3.63) is 29.6 Å². The summed E-state index contributed by atoms with van der Waals surface area (Å²) >= 11 is 0. The molecule has 1 aliphatic heterocycles. The Hall–Kier alpha value is -1.62. The number of carbonyl (C=O) groups is 1. The molecule has 2 rings (SSSR count). The number of carbonyl (C=O) groups excluding carboxylic acids is 1. The van der Waals surface area contributed by atoms with Crippen LogP contribution in [0.4, 0.5) is 4.39 Å². The van der Waals surface area contributed by atoms with Crippen LogP contribution in [-0.4, -0.2) is 43.6 Å². The van der Waals surface area contributed by atoms with Crippen LogP contribution in [0.2, 0.25) is 0 Å².